The third kappa shape index (κ3) is 29.7. The fraction of sp³-hybridized carbons (Fsp3) is 0.914. The lowest BCUT2D eigenvalue weighted by Gasteiger charge is -2.18. The second kappa shape index (κ2) is 29.9. The molecule has 6 heteroatoms. The van der Waals surface area contributed by atoms with Crippen LogP contribution in [0.25, 0.3) is 0 Å². The molecule has 0 unspecified atom stereocenters. The zero-order valence-electron chi connectivity index (χ0n) is 27.5. The molecule has 0 rings (SSSR count). The fourth-order valence-electron chi connectivity index (χ4n) is 4.86. The molecule has 0 aromatic rings. The van der Waals surface area contributed by atoms with Gasteiger partial charge in [0.1, 0.15) is 13.2 Å². The molecule has 0 aliphatic rings. The van der Waals surface area contributed by atoms with Gasteiger partial charge in [0.2, 0.25) is 0 Å². The van der Waals surface area contributed by atoms with Gasteiger partial charge in [-0.25, -0.2) is 0 Å². The third-order valence-corrected chi connectivity index (χ3v) is 7.54. The molecular formula is C35H66O6. The van der Waals surface area contributed by atoms with Crippen molar-refractivity contribution in [3.8, 4) is 0 Å². The Morgan fingerprint density at radius 1 is 0.463 bits per heavy atom. The molecule has 6 nitrogen and oxygen atoms in total. The van der Waals surface area contributed by atoms with E-state index in [1.165, 1.54) is 77.0 Å². The van der Waals surface area contributed by atoms with Gasteiger partial charge in [-0.15, -0.1) is 0 Å². The highest BCUT2D eigenvalue weighted by Crippen LogP contribution is 2.14. The van der Waals surface area contributed by atoms with Crippen LogP contribution in [0.15, 0.2) is 0 Å². The minimum Gasteiger partial charge on any atom is -0.462 e. The lowest BCUT2D eigenvalue weighted by molar-refractivity contribution is -0.167. The maximum atomic E-state index is 12.4. The van der Waals surface area contributed by atoms with Crippen LogP contribution in [0.3, 0.4) is 0 Å². The van der Waals surface area contributed by atoms with Gasteiger partial charge in [0.15, 0.2) is 6.10 Å². The average molecular weight is 583 g/mol. The zero-order chi connectivity index (χ0) is 30.4. The van der Waals surface area contributed by atoms with E-state index >= 15 is 0 Å². The number of esters is 3. The quantitative estimate of drug-likeness (QED) is 0.0476. The number of ether oxygens (including phenoxy) is 3. The first-order chi connectivity index (χ1) is 19.9. The first-order valence-corrected chi connectivity index (χ1v) is 17.4. The van der Waals surface area contributed by atoms with Gasteiger partial charge in [0, 0.05) is 19.3 Å². The maximum absolute atomic E-state index is 12.4. The van der Waals surface area contributed by atoms with Gasteiger partial charge in [-0.3, -0.25) is 14.4 Å². The van der Waals surface area contributed by atoms with Crippen molar-refractivity contribution in [2.45, 2.75) is 188 Å². The van der Waals surface area contributed by atoms with Crippen molar-refractivity contribution in [3.63, 3.8) is 0 Å². The highest BCUT2D eigenvalue weighted by Gasteiger charge is 2.19. The third-order valence-electron chi connectivity index (χ3n) is 7.54. The predicted octanol–water partition coefficient (Wildman–Crippen LogP) is 10.0. The molecule has 0 saturated heterocycles. The number of hydrogen-bond donors (Lipinski definition) is 0. The largest absolute Gasteiger partial charge is 0.462 e. The van der Waals surface area contributed by atoms with Crippen LogP contribution in [0.1, 0.15) is 182 Å². The molecule has 0 N–H and O–H groups in total. The molecule has 0 amide bonds. The van der Waals surface area contributed by atoms with E-state index < -0.39 is 6.10 Å². The lowest BCUT2D eigenvalue weighted by atomic mass is 10.0. The summed E-state index contributed by atoms with van der Waals surface area (Å²) in [5.41, 5.74) is 0. The minimum absolute atomic E-state index is 0.0677. The first kappa shape index (κ1) is 39.4. The van der Waals surface area contributed by atoms with Gasteiger partial charge >= 0.3 is 17.9 Å². The predicted molar refractivity (Wildman–Crippen MR) is 169 cm³/mol. The summed E-state index contributed by atoms with van der Waals surface area (Å²) >= 11 is 0. The van der Waals surface area contributed by atoms with Gasteiger partial charge in [-0.05, 0) is 25.2 Å². The van der Waals surface area contributed by atoms with Crippen LogP contribution >= 0.6 is 0 Å². The Hall–Kier alpha value is -1.59. The Kier molecular flexibility index (Phi) is 28.7. The summed E-state index contributed by atoms with van der Waals surface area (Å²) < 4.78 is 16.4. The van der Waals surface area contributed by atoms with E-state index in [0.717, 1.165) is 63.7 Å². The fourth-order valence-corrected chi connectivity index (χ4v) is 4.86. The van der Waals surface area contributed by atoms with Crippen molar-refractivity contribution >= 4 is 17.9 Å². The van der Waals surface area contributed by atoms with Crippen LogP contribution < -0.4 is 0 Å². The van der Waals surface area contributed by atoms with Crippen molar-refractivity contribution in [1.29, 1.82) is 0 Å². The second-order valence-electron chi connectivity index (χ2n) is 12.3. The summed E-state index contributed by atoms with van der Waals surface area (Å²) in [5, 5.41) is 0. The number of unbranched alkanes of at least 4 members (excludes halogenated alkanes) is 17. The highest BCUT2D eigenvalue weighted by molar-refractivity contribution is 5.71. The molecule has 0 aliphatic carbocycles. The number of hydrogen-bond acceptors (Lipinski definition) is 6. The SMILES string of the molecule is CCCCCCCCCC(=O)OC[C@H](COC(=O)CCCCCCCCC(C)C)OC(=O)CCCCCCCCC. The molecule has 1 atom stereocenters. The van der Waals surface area contributed by atoms with Crippen molar-refractivity contribution < 1.29 is 28.6 Å². The van der Waals surface area contributed by atoms with Crippen LogP contribution in [0.2, 0.25) is 0 Å². The van der Waals surface area contributed by atoms with Crippen LogP contribution in [-0.4, -0.2) is 37.2 Å². The topological polar surface area (TPSA) is 78.9 Å². The van der Waals surface area contributed by atoms with E-state index in [1.807, 2.05) is 0 Å². The Morgan fingerprint density at radius 3 is 1.20 bits per heavy atom. The summed E-state index contributed by atoms with van der Waals surface area (Å²) in [6, 6.07) is 0. The Bertz CT molecular complexity index is 618. The molecule has 0 aromatic carbocycles. The summed E-state index contributed by atoms with van der Waals surface area (Å²) in [7, 11) is 0. The molecule has 0 saturated carbocycles. The van der Waals surface area contributed by atoms with Gasteiger partial charge in [0.05, 0.1) is 0 Å². The summed E-state index contributed by atoms with van der Waals surface area (Å²) in [4.78, 5) is 37.0. The molecular weight excluding hydrogens is 516 g/mol. The average Bonchev–Trinajstić information content (AvgIpc) is 2.94. The normalized spacial score (nSPS) is 11.9. The first-order valence-electron chi connectivity index (χ1n) is 17.4. The Labute approximate surface area is 253 Å². The van der Waals surface area contributed by atoms with Gasteiger partial charge < -0.3 is 14.2 Å². The van der Waals surface area contributed by atoms with E-state index in [4.69, 9.17) is 14.2 Å². The standard InChI is InChI=1S/C35H66O6/c1-5-7-9-11-13-18-22-26-33(36)39-29-32(41-35(38)28-24-20-14-12-10-8-6-2)30-40-34(37)27-23-19-16-15-17-21-25-31(3)4/h31-32H,5-30H2,1-4H3/t32-/m1/s1. The van der Waals surface area contributed by atoms with Crippen molar-refractivity contribution in [3.05, 3.63) is 0 Å². The molecule has 41 heavy (non-hydrogen) atoms. The molecule has 0 fully saturated rings. The van der Waals surface area contributed by atoms with Gasteiger partial charge in [-0.2, -0.15) is 0 Å². The molecule has 0 radical (unpaired) electrons. The van der Waals surface area contributed by atoms with Crippen molar-refractivity contribution in [1.82, 2.24) is 0 Å². The summed E-state index contributed by atoms with van der Waals surface area (Å²) in [5.74, 6) is -0.124. The van der Waals surface area contributed by atoms with Crippen LogP contribution in [0.4, 0.5) is 0 Å². The van der Waals surface area contributed by atoms with E-state index in [-0.39, 0.29) is 31.1 Å². The van der Waals surface area contributed by atoms with E-state index in [2.05, 4.69) is 27.7 Å². The Balaban J connectivity index is 4.35. The maximum Gasteiger partial charge on any atom is 0.306 e. The number of carbonyl (C=O) groups is 3. The smallest absolute Gasteiger partial charge is 0.306 e. The number of carbonyl (C=O) groups excluding carboxylic acids is 3. The van der Waals surface area contributed by atoms with E-state index in [1.54, 1.807) is 0 Å². The van der Waals surface area contributed by atoms with Crippen molar-refractivity contribution in [2.75, 3.05) is 13.2 Å². The zero-order valence-corrected chi connectivity index (χ0v) is 27.5. The van der Waals surface area contributed by atoms with Crippen LogP contribution in [0.5, 0.6) is 0 Å². The highest BCUT2D eigenvalue weighted by atomic mass is 16.6. The minimum atomic E-state index is -0.755. The monoisotopic (exact) mass is 582 g/mol. The molecule has 0 bridgehead atoms. The molecule has 0 aromatic heterocycles. The second-order valence-corrected chi connectivity index (χ2v) is 12.3. The van der Waals surface area contributed by atoms with Crippen molar-refractivity contribution in [2.24, 2.45) is 5.92 Å². The van der Waals surface area contributed by atoms with Gasteiger partial charge in [0.25, 0.3) is 0 Å². The molecule has 0 spiro atoms. The summed E-state index contributed by atoms with van der Waals surface area (Å²) in [6.45, 7) is 8.79. The molecule has 242 valence electrons. The lowest BCUT2D eigenvalue weighted by Crippen LogP contribution is -2.30. The number of rotatable bonds is 30. The Morgan fingerprint density at radius 2 is 0.805 bits per heavy atom. The van der Waals surface area contributed by atoms with Crippen LogP contribution in [-0.2, 0) is 28.6 Å². The van der Waals surface area contributed by atoms with E-state index in [9.17, 15) is 14.4 Å². The molecule has 0 heterocycles. The van der Waals surface area contributed by atoms with Crippen LogP contribution in [0, 0.1) is 5.92 Å². The molecule has 0 aliphatic heterocycles. The van der Waals surface area contributed by atoms with E-state index in [0.29, 0.717) is 19.3 Å². The summed E-state index contributed by atoms with van der Waals surface area (Å²) in [6.07, 6.45) is 24.1. The van der Waals surface area contributed by atoms with Gasteiger partial charge in [-0.1, -0.05) is 143 Å².